The number of carbonyl (C=O) groups is 4. The zero-order valence-electron chi connectivity index (χ0n) is 26.6. The summed E-state index contributed by atoms with van der Waals surface area (Å²) in [6, 6.07) is 18.1. The van der Waals surface area contributed by atoms with Crippen molar-refractivity contribution in [3.63, 3.8) is 0 Å². The second-order valence-electron chi connectivity index (χ2n) is 12.6. The Bertz CT molecular complexity index is 1570. The number of urea groups is 1. The zero-order valence-corrected chi connectivity index (χ0v) is 26.6. The largest absolute Gasteiger partial charge is 0.497 e. The number of carboxylic acids is 1. The van der Waals surface area contributed by atoms with Gasteiger partial charge < -0.3 is 19.5 Å². The van der Waals surface area contributed by atoms with Gasteiger partial charge in [-0.3, -0.25) is 9.69 Å². The number of likely N-dealkylation sites (tertiary alicyclic amines) is 2. The fourth-order valence-corrected chi connectivity index (χ4v) is 6.02. The number of anilines is 1. The molecule has 4 amide bonds. The summed E-state index contributed by atoms with van der Waals surface area (Å²) in [6.07, 6.45) is 3.41. The molecule has 0 aliphatic carbocycles. The van der Waals surface area contributed by atoms with Crippen LogP contribution in [0.15, 0.2) is 72.9 Å². The minimum Gasteiger partial charge on any atom is -0.497 e. The quantitative estimate of drug-likeness (QED) is 0.309. The Balaban J connectivity index is 1.36. The molecule has 46 heavy (non-hydrogen) atoms. The molecule has 2 aromatic carbocycles. The zero-order chi connectivity index (χ0) is 33.0. The van der Waals surface area contributed by atoms with E-state index in [-0.39, 0.29) is 24.8 Å². The van der Waals surface area contributed by atoms with Crippen LogP contribution in [0.25, 0.3) is 0 Å². The van der Waals surface area contributed by atoms with Crippen molar-refractivity contribution in [2.45, 2.75) is 70.7 Å². The molecule has 5 rings (SSSR count). The van der Waals surface area contributed by atoms with Crippen LogP contribution in [0.3, 0.4) is 0 Å². The minimum atomic E-state index is -1.31. The third-order valence-corrected chi connectivity index (χ3v) is 8.26. The Morgan fingerprint density at radius 1 is 1.00 bits per heavy atom. The number of ether oxygens (including phenoxy) is 2. The van der Waals surface area contributed by atoms with Crippen molar-refractivity contribution in [3.8, 4) is 5.75 Å². The monoisotopic (exact) mass is 628 g/mol. The molecule has 1 aromatic heterocycles. The molecule has 0 saturated carbocycles. The molecule has 3 heterocycles. The van der Waals surface area contributed by atoms with Gasteiger partial charge >= 0.3 is 18.1 Å². The number of piperidine rings is 1. The first-order valence-corrected chi connectivity index (χ1v) is 15.5. The van der Waals surface area contributed by atoms with Gasteiger partial charge in [0.2, 0.25) is 5.91 Å². The maximum atomic E-state index is 13.7. The van der Waals surface area contributed by atoms with Gasteiger partial charge in [0.25, 0.3) is 0 Å². The Labute approximate surface area is 268 Å². The smallest absolute Gasteiger partial charge is 0.416 e. The maximum absolute atomic E-state index is 13.7. The SMILES string of the molecule is COc1ccc(CN(C(=O)OC(C)(C)C)c2cc(C[C@H]3C(=O)N(C(=O)N4CCCC[C@H]4c4ccccc4)[C@@H]3C(=O)O)ccn2)cc1. The number of imide groups is 1. The van der Waals surface area contributed by atoms with E-state index in [0.29, 0.717) is 17.9 Å². The van der Waals surface area contributed by atoms with Crippen molar-refractivity contribution < 1.29 is 33.8 Å². The predicted molar refractivity (Wildman–Crippen MR) is 170 cm³/mol. The average molecular weight is 629 g/mol. The highest BCUT2D eigenvalue weighted by Gasteiger charge is 2.56. The van der Waals surface area contributed by atoms with Gasteiger partial charge in [-0.25, -0.2) is 24.3 Å². The van der Waals surface area contributed by atoms with E-state index in [2.05, 4.69) is 4.98 Å². The summed E-state index contributed by atoms with van der Waals surface area (Å²) in [5.74, 6) is -1.76. The number of carbonyl (C=O) groups excluding carboxylic acids is 3. The number of rotatable bonds is 8. The number of β-lactam (4-membered cyclic amide) rings is 1. The van der Waals surface area contributed by atoms with Crippen LogP contribution in [0, 0.1) is 5.92 Å². The molecule has 3 atom stereocenters. The summed E-state index contributed by atoms with van der Waals surface area (Å²) >= 11 is 0. The lowest BCUT2D eigenvalue weighted by Crippen LogP contribution is -2.69. The fraction of sp³-hybridized carbons (Fsp3) is 0.400. The highest BCUT2D eigenvalue weighted by atomic mass is 16.6. The van der Waals surface area contributed by atoms with E-state index in [1.54, 1.807) is 57.0 Å². The minimum absolute atomic E-state index is 0.0574. The van der Waals surface area contributed by atoms with E-state index in [4.69, 9.17) is 9.47 Å². The van der Waals surface area contributed by atoms with Gasteiger partial charge in [-0.1, -0.05) is 42.5 Å². The third-order valence-electron chi connectivity index (χ3n) is 8.26. The van der Waals surface area contributed by atoms with Crippen molar-refractivity contribution >= 4 is 29.8 Å². The van der Waals surface area contributed by atoms with Crippen molar-refractivity contribution in [2.24, 2.45) is 5.92 Å². The van der Waals surface area contributed by atoms with Crippen molar-refractivity contribution in [3.05, 3.63) is 89.6 Å². The number of hydrogen-bond donors (Lipinski definition) is 1. The molecule has 2 saturated heterocycles. The second kappa shape index (κ2) is 13.6. The standard InChI is InChI=1S/C35H40N4O7/c1-35(2,3)46-34(44)38(22-23-13-15-26(45-4)16-14-23)29-21-24(17-18-36-29)20-27-30(32(41)42)39(31(27)40)33(43)37-19-9-8-12-28(37)25-10-6-5-7-11-25/h5-7,10-11,13-18,21,27-28,30H,8-9,12,19-20,22H2,1-4H3,(H,41,42)/t27-,28+,30+/m1/s1. The summed E-state index contributed by atoms with van der Waals surface area (Å²) in [7, 11) is 1.57. The van der Waals surface area contributed by atoms with Crippen LogP contribution < -0.4 is 9.64 Å². The number of hydrogen-bond acceptors (Lipinski definition) is 7. The van der Waals surface area contributed by atoms with E-state index in [0.717, 1.165) is 35.3 Å². The lowest BCUT2D eigenvalue weighted by atomic mass is 9.82. The second-order valence-corrected chi connectivity index (χ2v) is 12.6. The van der Waals surface area contributed by atoms with Crippen LogP contribution >= 0.6 is 0 Å². The highest BCUT2D eigenvalue weighted by Crippen LogP contribution is 2.37. The average Bonchev–Trinajstić information content (AvgIpc) is 3.04. The normalized spacial score (nSPS) is 19.7. The van der Waals surface area contributed by atoms with Gasteiger partial charge in [0.15, 0.2) is 6.04 Å². The Kier molecular flexibility index (Phi) is 9.60. The lowest BCUT2D eigenvalue weighted by Gasteiger charge is -2.47. The fourth-order valence-electron chi connectivity index (χ4n) is 6.02. The number of amides is 4. The summed E-state index contributed by atoms with van der Waals surface area (Å²) in [6.45, 7) is 5.91. The molecule has 0 radical (unpaired) electrons. The molecule has 11 heteroatoms. The highest BCUT2D eigenvalue weighted by molar-refractivity contribution is 6.07. The van der Waals surface area contributed by atoms with Crippen LogP contribution in [0.2, 0.25) is 0 Å². The Morgan fingerprint density at radius 3 is 2.37 bits per heavy atom. The van der Waals surface area contributed by atoms with Crippen LogP contribution in [-0.4, -0.2) is 69.2 Å². The van der Waals surface area contributed by atoms with Crippen LogP contribution in [0.5, 0.6) is 5.75 Å². The van der Waals surface area contributed by atoms with E-state index in [1.165, 1.54) is 11.1 Å². The molecule has 1 N–H and O–H groups in total. The van der Waals surface area contributed by atoms with Crippen LogP contribution in [0.1, 0.15) is 62.8 Å². The van der Waals surface area contributed by atoms with Crippen LogP contribution in [0.4, 0.5) is 15.4 Å². The molecule has 11 nitrogen and oxygen atoms in total. The van der Waals surface area contributed by atoms with Crippen molar-refractivity contribution in [1.29, 1.82) is 0 Å². The first-order valence-electron chi connectivity index (χ1n) is 15.5. The number of nitrogens with zero attached hydrogens (tertiary/aromatic N) is 4. The van der Waals surface area contributed by atoms with Gasteiger partial charge in [0.05, 0.1) is 25.6 Å². The lowest BCUT2D eigenvalue weighted by molar-refractivity contribution is -0.166. The van der Waals surface area contributed by atoms with Gasteiger partial charge in [0.1, 0.15) is 17.2 Å². The number of aromatic nitrogens is 1. The first kappa shape index (κ1) is 32.5. The van der Waals surface area contributed by atoms with Crippen molar-refractivity contribution in [2.75, 3.05) is 18.6 Å². The Morgan fingerprint density at radius 2 is 1.72 bits per heavy atom. The van der Waals surface area contributed by atoms with Gasteiger partial charge in [0, 0.05) is 12.7 Å². The maximum Gasteiger partial charge on any atom is 0.416 e. The molecular formula is C35H40N4O7. The summed E-state index contributed by atoms with van der Waals surface area (Å²) in [5.41, 5.74) is 1.61. The molecular weight excluding hydrogens is 588 g/mol. The van der Waals surface area contributed by atoms with Crippen LogP contribution in [-0.2, 0) is 27.3 Å². The number of carboxylic acid groups (broad SMARTS) is 1. The first-order chi connectivity index (χ1) is 22.0. The number of aliphatic carboxylic acids is 1. The van der Waals surface area contributed by atoms with E-state index in [1.807, 2.05) is 42.5 Å². The van der Waals surface area contributed by atoms with Gasteiger partial charge in [-0.15, -0.1) is 0 Å². The molecule has 2 aliphatic heterocycles. The molecule has 0 unspecified atom stereocenters. The van der Waals surface area contributed by atoms with E-state index in [9.17, 15) is 24.3 Å². The number of pyridine rings is 1. The molecule has 0 bridgehead atoms. The predicted octanol–water partition coefficient (Wildman–Crippen LogP) is 5.83. The topological polar surface area (TPSA) is 130 Å². The third kappa shape index (κ3) is 7.14. The number of benzene rings is 2. The molecule has 2 fully saturated rings. The van der Waals surface area contributed by atoms with Gasteiger partial charge in [-0.05, 0) is 87.4 Å². The van der Waals surface area contributed by atoms with E-state index >= 15 is 0 Å². The molecule has 242 valence electrons. The summed E-state index contributed by atoms with van der Waals surface area (Å²) in [4.78, 5) is 61.4. The summed E-state index contributed by atoms with van der Waals surface area (Å²) < 4.78 is 10.9. The van der Waals surface area contributed by atoms with E-state index < -0.39 is 41.6 Å². The van der Waals surface area contributed by atoms with Gasteiger partial charge in [-0.2, -0.15) is 0 Å². The molecule has 3 aromatic rings. The van der Waals surface area contributed by atoms with Crippen molar-refractivity contribution in [1.82, 2.24) is 14.8 Å². The number of methoxy groups -OCH3 is 1. The molecule has 2 aliphatic rings. The summed E-state index contributed by atoms with van der Waals surface area (Å²) in [5, 5.41) is 10.2. The Hall–Kier alpha value is -4.93. The molecule has 0 spiro atoms.